The van der Waals surface area contributed by atoms with Crippen molar-refractivity contribution in [1.82, 2.24) is 10.3 Å². The average molecular weight is 244 g/mol. The minimum Gasteiger partial charge on any atom is -0.497 e. The third-order valence-corrected chi connectivity index (χ3v) is 3.19. The van der Waals surface area contributed by atoms with Gasteiger partial charge in [0.15, 0.2) is 0 Å². The molecule has 1 aromatic carbocycles. The minimum atomic E-state index is 0.884. The summed E-state index contributed by atoms with van der Waals surface area (Å²) in [6, 6.07) is 8.24. The summed E-state index contributed by atoms with van der Waals surface area (Å²) in [7, 11) is 3.67. The van der Waals surface area contributed by atoms with Crippen LogP contribution in [0.1, 0.15) is 17.7 Å². The molecule has 0 fully saturated rings. The molecule has 3 nitrogen and oxygen atoms in total. The molecule has 3 heteroatoms. The SMILES string of the molecule is CNCCCc1cc2cc(OC)ccc2nc1C. The third-order valence-electron chi connectivity index (χ3n) is 3.19. The van der Waals surface area contributed by atoms with E-state index < -0.39 is 0 Å². The number of ether oxygens (including phenoxy) is 1. The van der Waals surface area contributed by atoms with Crippen LogP contribution in [-0.4, -0.2) is 25.7 Å². The Hall–Kier alpha value is -1.61. The first-order valence-corrected chi connectivity index (χ1v) is 6.33. The van der Waals surface area contributed by atoms with Crippen LogP contribution in [0.25, 0.3) is 10.9 Å². The van der Waals surface area contributed by atoms with E-state index in [0.29, 0.717) is 0 Å². The van der Waals surface area contributed by atoms with Crippen molar-refractivity contribution in [3.8, 4) is 5.75 Å². The number of nitrogens with zero attached hydrogens (tertiary/aromatic N) is 1. The number of hydrogen-bond acceptors (Lipinski definition) is 3. The van der Waals surface area contributed by atoms with E-state index in [1.165, 1.54) is 5.56 Å². The molecule has 1 N–H and O–H groups in total. The monoisotopic (exact) mass is 244 g/mol. The summed E-state index contributed by atoms with van der Waals surface area (Å²) in [6.45, 7) is 3.12. The quantitative estimate of drug-likeness (QED) is 0.821. The van der Waals surface area contributed by atoms with Crippen molar-refractivity contribution >= 4 is 10.9 Å². The molecule has 1 heterocycles. The molecule has 0 unspecified atom stereocenters. The van der Waals surface area contributed by atoms with Crippen LogP contribution in [0.2, 0.25) is 0 Å². The van der Waals surface area contributed by atoms with Gasteiger partial charge in [0.25, 0.3) is 0 Å². The maximum atomic E-state index is 5.25. The van der Waals surface area contributed by atoms with Crippen molar-refractivity contribution in [3.05, 3.63) is 35.5 Å². The highest BCUT2D eigenvalue weighted by Crippen LogP contribution is 2.22. The zero-order valence-electron chi connectivity index (χ0n) is 11.3. The van der Waals surface area contributed by atoms with Crippen LogP contribution in [0.5, 0.6) is 5.75 Å². The second kappa shape index (κ2) is 5.83. The van der Waals surface area contributed by atoms with Gasteiger partial charge in [0.2, 0.25) is 0 Å². The second-order valence-electron chi connectivity index (χ2n) is 4.50. The number of aryl methyl sites for hydroxylation is 2. The Morgan fingerprint density at radius 1 is 1.28 bits per heavy atom. The summed E-state index contributed by atoms with van der Waals surface area (Å²) in [4.78, 5) is 4.65. The van der Waals surface area contributed by atoms with Gasteiger partial charge in [-0.25, -0.2) is 0 Å². The Morgan fingerprint density at radius 2 is 2.11 bits per heavy atom. The number of methoxy groups -OCH3 is 1. The molecule has 0 aliphatic rings. The molecule has 0 amide bonds. The Morgan fingerprint density at radius 3 is 2.83 bits per heavy atom. The highest BCUT2D eigenvalue weighted by Gasteiger charge is 2.04. The summed E-state index contributed by atoms with van der Waals surface area (Å²) < 4.78 is 5.25. The largest absolute Gasteiger partial charge is 0.497 e. The summed E-state index contributed by atoms with van der Waals surface area (Å²) in [5, 5.41) is 4.32. The summed E-state index contributed by atoms with van der Waals surface area (Å²) in [6.07, 6.45) is 2.20. The van der Waals surface area contributed by atoms with Gasteiger partial charge in [-0.3, -0.25) is 4.98 Å². The normalized spacial score (nSPS) is 10.8. The summed E-state index contributed by atoms with van der Waals surface area (Å²) >= 11 is 0. The number of rotatable bonds is 5. The number of fused-ring (bicyclic) bond motifs is 1. The maximum Gasteiger partial charge on any atom is 0.119 e. The lowest BCUT2D eigenvalue weighted by atomic mass is 10.1. The molecule has 0 saturated heterocycles. The fraction of sp³-hybridized carbons (Fsp3) is 0.400. The van der Waals surface area contributed by atoms with Gasteiger partial charge in [-0.1, -0.05) is 0 Å². The molecular weight excluding hydrogens is 224 g/mol. The Kier molecular flexibility index (Phi) is 4.15. The molecule has 0 saturated carbocycles. The second-order valence-corrected chi connectivity index (χ2v) is 4.50. The van der Waals surface area contributed by atoms with E-state index in [1.807, 2.05) is 25.2 Å². The van der Waals surface area contributed by atoms with Crippen LogP contribution >= 0.6 is 0 Å². The van der Waals surface area contributed by atoms with Crippen LogP contribution in [0.4, 0.5) is 0 Å². The topological polar surface area (TPSA) is 34.1 Å². The van der Waals surface area contributed by atoms with Gasteiger partial charge in [-0.15, -0.1) is 0 Å². The van der Waals surface area contributed by atoms with Crippen molar-refractivity contribution in [2.24, 2.45) is 0 Å². The molecule has 0 radical (unpaired) electrons. The predicted molar refractivity (Wildman–Crippen MR) is 75.3 cm³/mol. The number of hydrogen-bond donors (Lipinski definition) is 1. The van der Waals surface area contributed by atoms with Crippen LogP contribution in [0.3, 0.4) is 0 Å². The summed E-state index contributed by atoms with van der Waals surface area (Å²) in [5.74, 6) is 0.884. The Labute approximate surface area is 108 Å². The molecule has 96 valence electrons. The van der Waals surface area contributed by atoms with Crippen molar-refractivity contribution in [3.63, 3.8) is 0 Å². The molecule has 0 aliphatic heterocycles. The molecular formula is C15H20N2O. The van der Waals surface area contributed by atoms with Crippen LogP contribution in [0.15, 0.2) is 24.3 Å². The van der Waals surface area contributed by atoms with E-state index >= 15 is 0 Å². The number of nitrogens with one attached hydrogen (secondary N) is 1. The van der Waals surface area contributed by atoms with E-state index in [4.69, 9.17) is 4.74 Å². The first-order valence-electron chi connectivity index (χ1n) is 6.33. The van der Waals surface area contributed by atoms with Crippen molar-refractivity contribution < 1.29 is 4.74 Å². The lowest BCUT2D eigenvalue weighted by molar-refractivity contribution is 0.415. The van der Waals surface area contributed by atoms with Gasteiger partial charge in [0.05, 0.1) is 12.6 Å². The zero-order chi connectivity index (χ0) is 13.0. The van der Waals surface area contributed by atoms with Crippen molar-refractivity contribution in [1.29, 1.82) is 0 Å². The fourth-order valence-corrected chi connectivity index (χ4v) is 2.13. The highest BCUT2D eigenvalue weighted by atomic mass is 16.5. The van der Waals surface area contributed by atoms with Gasteiger partial charge in [-0.2, -0.15) is 0 Å². The molecule has 0 bridgehead atoms. The molecule has 0 aliphatic carbocycles. The predicted octanol–water partition coefficient (Wildman–Crippen LogP) is 2.70. The van der Waals surface area contributed by atoms with Gasteiger partial charge in [0, 0.05) is 11.1 Å². The molecule has 2 aromatic rings. The van der Waals surface area contributed by atoms with E-state index in [2.05, 4.69) is 23.3 Å². The van der Waals surface area contributed by atoms with Crippen LogP contribution in [-0.2, 0) is 6.42 Å². The summed E-state index contributed by atoms with van der Waals surface area (Å²) in [5.41, 5.74) is 3.49. The smallest absolute Gasteiger partial charge is 0.119 e. The Balaban J connectivity index is 2.32. The van der Waals surface area contributed by atoms with Crippen LogP contribution in [0, 0.1) is 6.92 Å². The lowest BCUT2D eigenvalue weighted by Crippen LogP contribution is -2.09. The Bertz CT molecular complexity index is 537. The molecule has 2 rings (SSSR count). The van der Waals surface area contributed by atoms with E-state index in [0.717, 1.165) is 41.7 Å². The van der Waals surface area contributed by atoms with E-state index in [-0.39, 0.29) is 0 Å². The fourth-order valence-electron chi connectivity index (χ4n) is 2.13. The van der Waals surface area contributed by atoms with Crippen LogP contribution < -0.4 is 10.1 Å². The third kappa shape index (κ3) is 2.79. The highest BCUT2D eigenvalue weighted by molar-refractivity contribution is 5.81. The van der Waals surface area contributed by atoms with Crippen molar-refractivity contribution in [2.75, 3.05) is 20.7 Å². The van der Waals surface area contributed by atoms with Gasteiger partial charge < -0.3 is 10.1 Å². The first-order chi connectivity index (χ1) is 8.74. The standard InChI is InChI=1S/C15H20N2O/c1-11-12(5-4-8-16-2)9-13-10-14(18-3)6-7-15(13)17-11/h6-7,9-10,16H,4-5,8H2,1-3H3. The molecule has 18 heavy (non-hydrogen) atoms. The molecule has 0 atom stereocenters. The molecule has 0 spiro atoms. The minimum absolute atomic E-state index is 0.884. The average Bonchev–Trinajstić information content (AvgIpc) is 2.39. The number of aromatic nitrogens is 1. The maximum absolute atomic E-state index is 5.25. The van der Waals surface area contributed by atoms with E-state index in [9.17, 15) is 0 Å². The zero-order valence-corrected chi connectivity index (χ0v) is 11.3. The van der Waals surface area contributed by atoms with E-state index in [1.54, 1.807) is 7.11 Å². The molecule has 1 aromatic heterocycles. The number of benzene rings is 1. The first kappa shape index (κ1) is 12.8. The van der Waals surface area contributed by atoms with Gasteiger partial charge >= 0.3 is 0 Å². The lowest BCUT2D eigenvalue weighted by Gasteiger charge is -2.08. The van der Waals surface area contributed by atoms with Crippen molar-refractivity contribution in [2.45, 2.75) is 19.8 Å². The number of pyridine rings is 1. The van der Waals surface area contributed by atoms with Gasteiger partial charge in [-0.05, 0) is 63.2 Å². The van der Waals surface area contributed by atoms with Gasteiger partial charge in [0.1, 0.15) is 5.75 Å².